The topological polar surface area (TPSA) is 55.8 Å². The number of hydrogen-bond acceptors (Lipinski definition) is 4. The fraction of sp³-hybridized carbons (Fsp3) is 0.444. The lowest BCUT2D eigenvalue weighted by Crippen LogP contribution is -2.35. The molecule has 0 radical (unpaired) electrons. The van der Waals surface area contributed by atoms with E-state index in [2.05, 4.69) is 4.74 Å². The first-order valence-electron chi connectivity index (χ1n) is 8.00. The number of esters is 1. The van der Waals surface area contributed by atoms with Crippen molar-refractivity contribution in [1.82, 2.24) is 4.90 Å². The number of carbonyl (C=O) groups is 2. The summed E-state index contributed by atoms with van der Waals surface area (Å²) in [6.07, 6.45) is -4.05. The summed E-state index contributed by atoms with van der Waals surface area (Å²) in [4.78, 5) is 25.1. The van der Waals surface area contributed by atoms with E-state index in [1.54, 1.807) is 20.8 Å². The zero-order valence-corrected chi connectivity index (χ0v) is 15.2. The van der Waals surface area contributed by atoms with E-state index in [4.69, 9.17) is 4.74 Å². The summed E-state index contributed by atoms with van der Waals surface area (Å²) in [6.45, 7) is 5.12. The number of alkyl halides is 3. The van der Waals surface area contributed by atoms with Gasteiger partial charge in [-0.1, -0.05) is 12.1 Å². The third-order valence-corrected chi connectivity index (χ3v) is 3.75. The number of carbonyl (C=O) groups excluding carboxylic acids is 2. The predicted octanol–water partition coefficient (Wildman–Crippen LogP) is 4.27. The summed E-state index contributed by atoms with van der Waals surface area (Å²) in [5.41, 5.74) is -3.25. The van der Waals surface area contributed by atoms with Crippen molar-refractivity contribution in [2.75, 3.05) is 20.2 Å². The second-order valence-electron chi connectivity index (χ2n) is 6.93. The Morgan fingerprint density at radius 2 is 1.78 bits per heavy atom. The molecule has 1 aromatic rings. The quantitative estimate of drug-likeness (QED) is 0.560. The molecule has 0 unspecified atom stereocenters. The normalized spacial score (nSPS) is 14.8. The van der Waals surface area contributed by atoms with Crippen molar-refractivity contribution in [3.63, 3.8) is 0 Å². The molecular weight excluding hydrogens is 370 g/mol. The van der Waals surface area contributed by atoms with Crippen LogP contribution in [-0.4, -0.2) is 42.8 Å². The number of rotatable bonds is 2. The zero-order valence-electron chi connectivity index (χ0n) is 15.2. The van der Waals surface area contributed by atoms with E-state index in [-0.39, 0.29) is 24.2 Å². The molecule has 0 atom stereocenters. The summed E-state index contributed by atoms with van der Waals surface area (Å²) in [6, 6.07) is 1.57. The number of ether oxygens (including phenoxy) is 2. The highest BCUT2D eigenvalue weighted by Crippen LogP contribution is 2.36. The van der Waals surface area contributed by atoms with Gasteiger partial charge in [0.1, 0.15) is 17.0 Å². The van der Waals surface area contributed by atoms with Gasteiger partial charge in [0.2, 0.25) is 0 Å². The lowest BCUT2D eigenvalue weighted by atomic mass is 9.98. The first-order valence-corrected chi connectivity index (χ1v) is 8.00. The smallest absolute Gasteiger partial charge is 0.417 e. The lowest BCUT2D eigenvalue weighted by molar-refractivity contribution is -0.138. The number of hydrogen-bond donors (Lipinski definition) is 0. The molecule has 1 aliphatic heterocycles. The molecule has 148 valence electrons. The average Bonchev–Trinajstić information content (AvgIpc) is 3.01. The Balaban J connectivity index is 2.35. The van der Waals surface area contributed by atoms with Crippen LogP contribution in [0, 0.1) is 5.82 Å². The van der Waals surface area contributed by atoms with E-state index < -0.39 is 40.8 Å². The number of halogens is 4. The molecule has 0 N–H and O–H groups in total. The molecule has 1 aliphatic rings. The largest absolute Gasteiger partial charge is 0.465 e. The predicted molar refractivity (Wildman–Crippen MR) is 88.5 cm³/mol. The van der Waals surface area contributed by atoms with Gasteiger partial charge >= 0.3 is 18.2 Å². The van der Waals surface area contributed by atoms with Crippen molar-refractivity contribution in [2.45, 2.75) is 32.5 Å². The molecular formula is C18H19F4NO4. The molecule has 0 bridgehead atoms. The Morgan fingerprint density at radius 3 is 2.30 bits per heavy atom. The van der Waals surface area contributed by atoms with Gasteiger partial charge in [0.25, 0.3) is 0 Å². The van der Waals surface area contributed by atoms with Gasteiger partial charge < -0.3 is 14.4 Å². The second kappa shape index (κ2) is 7.21. The number of benzene rings is 1. The van der Waals surface area contributed by atoms with Crippen LogP contribution in [0.4, 0.5) is 22.4 Å². The highest BCUT2D eigenvalue weighted by Gasteiger charge is 2.39. The maximum atomic E-state index is 14.8. The molecule has 0 saturated carbocycles. The first kappa shape index (κ1) is 20.7. The molecule has 5 nitrogen and oxygen atoms in total. The van der Waals surface area contributed by atoms with E-state index in [9.17, 15) is 27.2 Å². The average molecular weight is 389 g/mol. The van der Waals surface area contributed by atoms with Crippen molar-refractivity contribution in [1.29, 1.82) is 0 Å². The Morgan fingerprint density at radius 1 is 1.15 bits per heavy atom. The van der Waals surface area contributed by atoms with Crippen LogP contribution < -0.4 is 0 Å². The van der Waals surface area contributed by atoms with Gasteiger partial charge in [-0.15, -0.1) is 0 Å². The van der Waals surface area contributed by atoms with Crippen molar-refractivity contribution in [3.8, 4) is 0 Å². The molecule has 0 saturated heterocycles. The minimum atomic E-state index is -4.92. The van der Waals surface area contributed by atoms with Crippen LogP contribution in [-0.2, 0) is 15.7 Å². The summed E-state index contributed by atoms with van der Waals surface area (Å²) >= 11 is 0. The number of nitrogens with zero attached hydrogens (tertiary/aromatic N) is 1. The fourth-order valence-corrected chi connectivity index (χ4v) is 2.58. The maximum absolute atomic E-state index is 14.8. The van der Waals surface area contributed by atoms with Gasteiger partial charge in [-0.3, -0.25) is 0 Å². The van der Waals surface area contributed by atoms with Crippen LogP contribution in [0.1, 0.15) is 42.3 Å². The van der Waals surface area contributed by atoms with Crippen molar-refractivity contribution in [2.24, 2.45) is 0 Å². The van der Waals surface area contributed by atoms with Crippen molar-refractivity contribution >= 4 is 17.6 Å². The minimum Gasteiger partial charge on any atom is -0.465 e. The Bertz CT molecular complexity index is 794. The monoisotopic (exact) mass is 389 g/mol. The van der Waals surface area contributed by atoms with Crippen molar-refractivity contribution < 1.29 is 36.6 Å². The highest BCUT2D eigenvalue weighted by atomic mass is 19.4. The maximum Gasteiger partial charge on any atom is 0.417 e. The van der Waals surface area contributed by atoms with Gasteiger partial charge in [-0.25, -0.2) is 14.0 Å². The highest BCUT2D eigenvalue weighted by molar-refractivity contribution is 5.93. The number of amides is 1. The summed E-state index contributed by atoms with van der Waals surface area (Å²) in [5, 5.41) is 0. The van der Waals surface area contributed by atoms with Gasteiger partial charge in [0.05, 0.1) is 12.7 Å². The van der Waals surface area contributed by atoms with Crippen molar-refractivity contribution in [3.05, 3.63) is 40.7 Å². The Labute approximate surface area is 153 Å². The molecule has 0 aromatic heterocycles. The zero-order chi connectivity index (χ0) is 20.6. The van der Waals surface area contributed by atoms with Gasteiger partial charge in [0, 0.05) is 18.7 Å². The lowest BCUT2D eigenvalue weighted by Gasteiger charge is -2.24. The summed E-state index contributed by atoms with van der Waals surface area (Å²) < 4.78 is 63.6. The van der Waals surface area contributed by atoms with Crippen LogP contribution in [0.25, 0.3) is 5.57 Å². The van der Waals surface area contributed by atoms with Crippen LogP contribution in [0.3, 0.4) is 0 Å². The molecule has 1 heterocycles. The molecule has 0 spiro atoms. The van der Waals surface area contributed by atoms with E-state index in [0.29, 0.717) is 6.07 Å². The van der Waals surface area contributed by atoms with E-state index in [0.717, 1.165) is 13.2 Å². The van der Waals surface area contributed by atoms with E-state index in [1.165, 1.54) is 11.0 Å². The summed E-state index contributed by atoms with van der Waals surface area (Å²) in [7, 11) is 0.869. The van der Waals surface area contributed by atoms with Gasteiger partial charge in [-0.05, 0) is 32.4 Å². The third kappa shape index (κ3) is 4.58. The van der Waals surface area contributed by atoms with Crippen LogP contribution in [0.15, 0.2) is 18.2 Å². The first-order chi connectivity index (χ1) is 12.3. The SMILES string of the molecule is COC(=O)c1c(C(F)(F)F)ccc(C2=CCN(C(=O)OC(C)(C)C)C2)c1F. The van der Waals surface area contributed by atoms with Gasteiger partial charge in [-0.2, -0.15) is 13.2 Å². The second-order valence-corrected chi connectivity index (χ2v) is 6.93. The summed E-state index contributed by atoms with van der Waals surface area (Å²) in [5.74, 6) is -2.77. The minimum absolute atomic E-state index is 0.0577. The molecule has 1 aromatic carbocycles. The molecule has 0 fully saturated rings. The van der Waals surface area contributed by atoms with Gasteiger partial charge in [0.15, 0.2) is 0 Å². The standard InChI is InChI=1S/C18H19F4NO4/c1-17(2,3)27-16(25)23-8-7-10(9-23)11-5-6-12(18(20,21)22)13(14(11)19)15(24)26-4/h5-7H,8-9H2,1-4H3. The third-order valence-electron chi connectivity index (χ3n) is 3.75. The van der Waals surface area contributed by atoms with E-state index in [1.807, 2.05) is 0 Å². The van der Waals surface area contributed by atoms with Crippen LogP contribution in [0.5, 0.6) is 0 Å². The molecule has 2 rings (SSSR count). The molecule has 27 heavy (non-hydrogen) atoms. The molecule has 1 amide bonds. The van der Waals surface area contributed by atoms with Crippen LogP contribution >= 0.6 is 0 Å². The molecule has 9 heteroatoms. The number of methoxy groups -OCH3 is 1. The Kier molecular flexibility index (Phi) is 5.53. The van der Waals surface area contributed by atoms with E-state index >= 15 is 0 Å². The molecule has 0 aliphatic carbocycles. The Hall–Kier alpha value is -2.58. The van der Waals surface area contributed by atoms with Crippen LogP contribution in [0.2, 0.25) is 0 Å². The fourth-order valence-electron chi connectivity index (χ4n) is 2.58.